The topological polar surface area (TPSA) is 108 Å². The molecule has 0 amide bonds. The highest BCUT2D eigenvalue weighted by molar-refractivity contribution is 5.71. The van der Waals surface area contributed by atoms with Gasteiger partial charge in [-0.2, -0.15) is 0 Å². The molecule has 105 heavy (non-hydrogen) atoms. The van der Waals surface area contributed by atoms with Gasteiger partial charge in [0, 0.05) is 12.8 Å². The number of carbonyl (C=O) groups excluding carboxylic acids is 2. The summed E-state index contributed by atoms with van der Waals surface area (Å²) in [6, 6.07) is 0. The molecule has 0 aromatic heterocycles. The SMILES string of the molecule is CC/C=C\C/C=C\C/C=C\C/C=C\C/C=C\C/C=C\C/C=C\C/C=C\C/C=C\C/C=C\C/C=C\C/C=C\CCCCCCC(=O)OC(COC(=O)CCCCCCCCCCCCCCCCCCCCCCCCCCCCCCCCCCCCCCCCC)COC(OCC[N+](C)(C)C)C(=O)O. The molecule has 9 nitrogen and oxygen atoms in total. The van der Waals surface area contributed by atoms with E-state index < -0.39 is 24.3 Å². The smallest absolute Gasteiger partial charge is 0.361 e. The third-order valence-corrected chi connectivity index (χ3v) is 19.1. The Labute approximate surface area is 649 Å². The fraction of sp³-hybridized carbons (Fsp3) is 0.719. The molecule has 0 saturated heterocycles. The first kappa shape index (κ1) is 100. The Kier molecular flexibility index (Phi) is 80.9. The summed E-state index contributed by atoms with van der Waals surface area (Å²) in [5.41, 5.74) is 0. The van der Waals surface area contributed by atoms with Gasteiger partial charge < -0.3 is 28.5 Å². The third-order valence-electron chi connectivity index (χ3n) is 19.1. The molecule has 0 aliphatic rings. The number of rotatable bonds is 81. The molecule has 0 aliphatic heterocycles. The molecular weight excluding hydrogens is 1300 g/mol. The average Bonchev–Trinajstić information content (AvgIpc) is 1.18. The van der Waals surface area contributed by atoms with Gasteiger partial charge in [-0.05, 0) is 103 Å². The number of likely N-dealkylation sites (N-methyl/N-ethyl adjacent to an activating group) is 1. The Morgan fingerprint density at radius 3 is 0.810 bits per heavy atom. The van der Waals surface area contributed by atoms with E-state index in [2.05, 4.69) is 160 Å². The van der Waals surface area contributed by atoms with E-state index >= 15 is 0 Å². The Hall–Kier alpha value is -4.83. The van der Waals surface area contributed by atoms with E-state index in [1.807, 2.05) is 21.1 Å². The summed E-state index contributed by atoms with van der Waals surface area (Å²) in [5, 5.41) is 9.79. The molecule has 0 spiro atoms. The van der Waals surface area contributed by atoms with Crippen LogP contribution < -0.4 is 0 Å². The lowest BCUT2D eigenvalue weighted by Gasteiger charge is -2.25. The van der Waals surface area contributed by atoms with Gasteiger partial charge in [0.05, 0.1) is 34.4 Å². The number of esters is 2. The van der Waals surface area contributed by atoms with Gasteiger partial charge in [0.1, 0.15) is 13.2 Å². The van der Waals surface area contributed by atoms with Crippen LogP contribution in [0.25, 0.3) is 0 Å². The van der Waals surface area contributed by atoms with Crippen molar-refractivity contribution >= 4 is 17.9 Å². The molecular formula is C96H166NO8+. The van der Waals surface area contributed by atoms with Crippen molar-refractivity contribution in [3.05, 3.63) is 146 Å². The number of unbranched alkanes of at least 4 members (excludes halogenated alkanes) is 42. The van der Waals surface area contributed by atoms with Gasteiger partial charge in [0.15, 0.2) is 6.10 Å². The van der Waals surface area contributed by atoms with Crippen LogP contribution in [0.2, 0.25) is 0 Å². The van der Waals surface area contributed by atoms with Crippen LogP contribution in [0.4, 0.5) is 0 Å². The first-order chi connectivity index (χ1) is 51.6. The van der Waals surface area contributed by atoms with Gasteiger partial charge in [0.2, 0.25) is 0 Å². The van der Waals surface area contributed by atoms with Gasteiger partial charge in [-0.15, -0.1) is 0 Å². The Balaban J connectivity index is 4.06. The summed E-state index contributed by atoms with van der Waals surface area (Å²) in [7, 11) is 5.97. The molecule has 2 atom stereocenters. The first-order valence-electron chi connectivity index (χ1n) is 44.0. The van der Waals surface area contributed by atoms with Crippen LogP contribution in [0.3, 0.4) is 0 Å². The van der Waals surface area contributed by atoms with Gasteiger partial charge in [-0.1, -0.05) is 417 Å². The predicted octanol–water partition coefficient (Wildman–Crippen LogP) is 28.9. The van der Waals surface area contributed by atoms with Gasteiger partial charge in [0.25, 0.3) is 6.29 Å². The molecule has 0 aromatic rings. The summed E-state index contributed by atoms with van der Waals surface area (Å²) < 4.78 is 23.0. The first-order valence-corrected chi connectivity index (χ1v) is 44.0. The van der Waals surface area contributed by atoms with Crippen molar-refractivity contribution in [3.63, 3.8) is 0 Å². The van der Waals surface area contributed by atoms with Crippen molar-refractivity contribution in [1.82, 2.24) is 0 Å². The molecule has 1 N–H and O–H groups in total. The number of hydrogen-bond donors (Lipinski definition) is 1. The number of carboxylic acid groups (broad SMARTS) is 1. The fourth-order valence-corrected chi connectivity index (χ4v) is 12.5. The van der Waals surface area contributed by atoms with E-state index in [9.17, 15) is 19.5 Å². The summed E-state index contributed by atoms with van der Waals surface area (Å²) >= 11 is 0. The number of allylic oxidation sites excluding steroid dienone is 24. The van der Waals surface area contributed by atoms with Gasteiger partial charge in [-0.25, -0.2) is 4.79 Å². The van der Waals surface area contributed by atoms with Crippen molar-refractivity contribution < 1.29 is 42.9 Å². The lowest BCUT2D eigenvalue weighted by Crippen LogP contribution is -2.40. The minimum Gasteiger partial charge on any atom is -0.477 e. The van der Waals surface area contributed by atoms with Crippen molar-refractivity contribution in [3.8, 4) is 0 Å². The average molecular weight is 1460 g/mol. The number of quaternary nitrogens is 1. The normalized spacial score (nSPS) is 13.3. The summed E-state index contributed by atoms with van der Waals surface area (Å²) in [6.07, 6.45) is 122. The molecule has 0 radical (unpaired) electrons. The summed E-state index contributed by atoms with van der Waals surface area (Å²) in [4.78, 5) is 37.8. The number of hydrogen-bond acceptors (Lipinski definition) is 7. The monoisotopic (exact) mass is 1460 g/mol. The lowest BCUT2D eigenvalue weighted by molar-refractivity contribution is -0.870. The quantitative estimate of drug-likeness (QED) is 0.0211. The number of nitrogens with zero attached hydrogens (tertiary/aromatic N) is 1. The number of carboxylic acids is 1. The molecule has 0 fully saturated rings. The largest absolute Gasteiger partial charge is 0.477 e. The highest BCUT2D eigenvalue weighted by atomic mass is 16.7. The Bertz CT molecular complexity index is 2250. The van der Waals surface area contributed by atoms with Crippen LogP contribution in [0, 0.1) is 0 Å². The van der Waals surface area contributed by atoms with E-state index in [-0.39, 0.29) is 32.2 Å². The zero-order chi connectivity index (χ0) is 76.0. The highest BCUT2D eigenvalue weighted by Gasteiger charge is 2.25. The Morgan fingerprint density at radius 2 is 0.543 bits per heavy atom. The molecule has 0 rings (SSSR count). The zero-order valence-electron chi connectivity index (χ0n) is 69.1. The second kappa shape index (κ2) is 84.8. The van der Waals surface area contributed by atoms with Crippen LogP contribution in [-0.4, -0.2) is 87.4 Å². The molecule has 0 aliphatic carbocycles. The van der Waals surface area contributed by atoms with Crippen LogP contribution in [-0.2, 0) is 33.3 Å². The second-order valence-corrected chi connectivity index (χ2v) is 30.5. The highest BCUT2D eigenvalue weighted by Crippen LogP contribution is 2.20. The molecule has 2 unspecified atom stereocenters. The molecule has 0 aromatic carbocycles. The zero-order valence-corrected chi connectivity index (χ0v) is 69.1. The maximum atomic E-state index is 13.0. The molecule has 9 heteroatoms. The molecule has 0 heterocycles. The van der Waals surface area contributed by atoms with Crippen LogP contribution in [0.15, 0.2) is 146 Å². The van der Waals surface area contributed by atoms with E-state index in [1.165, 1.54) is 231 Å². The number of ether oxygens (including phenoxy) is 4. The molecule has 602 valence electrons. The minimum absolute atomic E-state index is 0.177. The number of carbonyl (C=O) groups is 3. The van der Waals surface area contributed by atoms with Crippen molar-refractivity contribution in [2.75, 3.05) is 47.5 Å². The summed E-state index contributed by atoms with van der Waals surface area (Å²) in [5.74, 6) is -2.03. The van der Waals surface area contributed by atoms with Crippen LogP contribution in [0.5, 0.6) is 0 Å². The van der Waals surface area contributed by atoms with Gasteiger partial charge >= 0.3 is 17.9 Å². The minimum atomic E-state index is -1.53. The summed E-state index contributed by atoms with van der Waals surface area (Å²) in [6.45, 7) is 4.77. The fourth-order valence-electron chi connectivity index (χ4n) is 12.5. The van der Waals surface area contributed by atoms with Crippen molar-refractivity contribution in [1.29, 1.82) is 0 Å². The number of aliphatic carboxylic acids is 1. The third kappa shape index (κ3) is 86.3. The van der Waals surface area contributed by atoms with E-state index in [4.69, 9.17) is 18.9 Å². The van der Waals surface area contributed by atoms with E-state index in [0.717, 1.165) is 122 Å². The van der Waals surface area contributed by atoms with Crippen LogP contribution in [0.1, 0.15) is 386 Å². The van der Waals surface area contributed by atoms with Crippen molar-refractivity contribution in [2.45, 2.75) is 399 Å². The van der Waals surface area contributed by atoms with E-state index in [0.29, 0.717) is 23.9 Å². The maximum absolute atomic E-state index is 13.0. The lowest BCUT2D eigenvalue weighted by atomic mass is 10.0. The standard InChI is InChI=1S/C96H165NO8/c1-6-8-10-12-14-16-18-20-22-24-26-28-30-32-34-36-38-40-42-44-46-47-49-51-53-55-57-59-61-63-65-67-69-71-73-75-77-79-81-83-85-87-94(99)105-92(91-104-96(95(100)101)102-89-88-97(3,4)5)90-103-93(98)86-84-82-80-78-76-74-72-70-68-66-64-62-60-58-56-54-52-50-48-45-43-41-39-37-35-33-31-29-27-25-23-21-19-17-15-13-11-9-7-2/h8,10,14,16,20,22,26,28,32,34,38,40,44,46,49,51,55,57,61,63,67,69,73,75,92,96H,6-7,9,11-13,15,17-19,21,23-25,27,29-31,33,35-37,39,41-43,45,47-48,50,52-54,56,58-60,62,64-66,68,70-72,74,76-91H2,1-5H3/p+1/b10-8-,16-14-,22-20-,28-26-,34-32-,40-38-,46-44-,51-49-,57-55-,63-61-,69-67-,75-73-. The maximum Gasteiger partial charge on any atom is 0.361 e. The predicted molar refractivity (Wildman–Crippen MR) is 456 cm³/mol. The Morgan fingerprint density at radius 1 is 0.295 bits per heavy atom. The second-order valence-electron chi connectivity index (χ2n) is 30.5. The van der Waals surface area contributed by atoms with Crippen LogP contribution >= 0.6 is 0 Å². The van der Waals surface area contributed by atoms with Gasteiger partial charge in [-0.3, -0.25) is 9.59 Å². The van der Waals surface area contributed by atoms with Crippen molar-refractivity contribution in [2.24, 2.45) is 0 Å². The van der Waals surface area contributed by atoms with E-state index in [1.54, 1.807) is 0 Å². The molecule has 0 bridgehead atoms. The molecule has 0 saturated carbocycles.